The molecule has 0 amide bonds. The van der Waals surface area contributed by atoms with Gasteiger partial charge in [-0.2, -0.15) is 5.10 Å². The number of aliphatic imine (C=N–C) groups is 1. The second-order valence-corrected chi connectivity index (χ2v) is 5.99. The van der Waals surface area contributed by atoms with E-state index in [1.54, 1.807) is 13.1 Å². The maximum Gasteiger partial charge on any atom is 0.191 e. The molecule has 7 heteroatoms. The molecule has 3 N–H and O–H groups in total. The van der Waals surface area contributed by atoms with Crippen molar-refractivity contribution >= 4 is 5.96 Å². The highest BCUT2D eigenvalue weighted by Gasteiger charge is 2.27. The quantitative estimate of drug-likeness (QED) is 0.529. The van der Waals surface area contributed by atoms with Crippen molar-refractivity contribution < 1.29 is 9.52 Å². The van der Waals surface area contributed by atoms with E-state index in [9.17, 15) is 5.11 Å². The van der Waals surface area contributed by atoms with E-state index in [2.05, 4.69) is 20.7 Å². The standard InChI is InChI=1S/C17H27N5O2/c1-5-18-16(19-8-10-22-9-6-7-21-22)20-12-17(4,23)15-11-13(2)24-14(15)3/h6-7,9,11,23H,5,8,10,12H2,1-4H3,(H2,18,19,20). The van der Waals surface area contributed by atoms with E-state index in [4.69, 9.17) is 4.42 Å². The summed E-state index contributed by atoms with van der Waals surface area (Å²) in [4.78, 5) is 4.50. The first-order valence-electron chi connectivity index (χ1n) is 8.22. The van der Waals surface area contributed by atoms with E-state index in [1.165, 1.54) is 0 Å². The van der Waals surface area contributed by atoms with E-state index in [0.717, 1.165) is 30.2 Å². The van der Waals surface area contributed by atoms with E-state index in [1.807, 2.05) is 43.8 Å². The molecule has 0 radical (unpaired) electrons. The third-order valence-corrected chi connectivity index (χ3v) is 3.70. The van der Waals surface area contributed by atoms with Gasteiger partial charge in [0.2, 0.25) is 0 Å². The molecular formula is C17H27N5O2. The van der Waals surface area contributed by atoms with E-state index in [0.29, 0.717) is 12.5 Å². The fourth-order valence-corrected chi connectivity index (χ4v) is 2.55. The van der Waals surface area contributed by atoms with Crippen LogP contribution >= 0.6 is 0 Å². The predicted octanol–water partition coefficient (Wildman–Crippen LogP) is 1.56. The van der Waals surface area contributed by atoms with Crippen LogP contribution in [-0.4, -0.2) is 40.5 Å². The van der Waals surface area contributed by atoms with Crippen LogP contribution in [0.15, 0.2) is 33.9 Å². The Hall–Kier alpha value is -2.28. The molecule has 0 saturated heterocycles. The van der Waals surface area contributed by atoms with Crippen LogP contribution in [0, 0.1) is 13.8 Å². The normalized spacial score (nSPS) is 14.5. The van der Waals surface area contributed by atoms with Gasteiger partial charge >= 0.3 is 0 Å². The Morgan fingerprint density at radius 1 is 1.42 bits per heavy atom. The molecule has 2 aromatic heterocycles. The van der Waals surface area contributed by atoms with Gasteiger partial charge in [0.1, 0.15) is 17.1 Å². The number of nitrogens with one attached hydrogen (secondary N) is 2. The molecule has 0 aliphatic heterocycles. The molecule has 0 aliphatic rings. The van der Waals surface area contributed by atoms with Gasteiger partial charge in [-0.25, -0.2) is 4.99 Å². The fourth-order valence-electron chi connectivity index (χ4n) is 2.55. The van der Waals surface area contributed by atoms with Crippen molar-refractivity contribution in [1.29, 1.82) is 0 Å². The largest absolute Gasteiger partial charge is 0.466 e. The Balaban J connectivity index is 1.97. The lowest BCUT2D eigenvalue weighted by Gasteiger charge is -2.21. The van der Waals surface area contributed by atoms with Crippen LogP contribution in [0.5, 0.6) is 0 Å². The number of guanidine groups is 1. The summed E-state index contributed by atoms with van der Waals surface area (Å²) in [6.07, 6.45) is 3.67. The lowest BCUT2D eigenvalue weighted by molar-refractivity contribution is 0.0657. The van der Waals surface area contributed by atoms with Crippen molar-refractivity contribution in [1.82, 2.24) is 20.4 Å². The van der Waals surface area contributed by atoms with Gasteiger partial charge in [-0.1, -0.05) is 0 Å². The van der Waals surface area contributed by atoms with E-state index < -0.39 is 5.60 Å². The number of aromatic nitrogens is 2. The van der Waals surface area contributed by atoms with Gasteiger partial charge in [-0.3, -0.25) is 4.68 Å². The zero-order chi connectivity index (χ0) is 17.6. The van der Waals surface area contributed by atoms with Crippen molar-refractivity contribution in [3.63, 3.8) is 0 Å². The van der Waals surface area contributed by atoms with E-state index in [-0.39, 0.29) is 6.54 Å². The smallest absolute Gasteiger partial charge is 0.191 e. The summed E-state index contributed by atoms with van der Waals surface area (Å²) in [5.41, 5.74) is -0.303. The minimum Gasteiger partial charge on any atom is -0.466 e. The molecule has 132 valence electrons. The predicted molar refractivity (Wildman–Crippen MR) is 94.0 cm³/mol. The van der Waals surface area contributed by atoms with Crippen LogP contribution in [-0.2, 0) is 12.1 Å². The van der Waals surface area contributed by atoms with Crippen LogP contribution in [0.1, 0.15) is 30.9 Å². The molecule has 0 aliphatic carbocycles. The highest BCUT2D eigenvalue weighted by atomic mass is 16.3. The summed E-state index contributed by atoms with van der Waals surface area (Å²) in [5.74, 6) is 2.18. The molecule has 2 heterocycles. The first-order valence-corrected chi connectivity index (χ1v) is 8.22. The van der Waals surface area contributed by atoms with Crippen molar-refractivity contribution in [3.8, 4) is 0 Å². The summed E-state index contributed by atoms with van der Waals surface area (Å²) in [6, 6.07) is 3.76. The first-order chi connectivity index (χ1) is 11.4. The zero-order valence-corrected chi connectivity index (χ0v) is 14.8. The third kappa shape index (κ3) is 4.86. The van der Waals surface area contributed by atoms with Crippen LogP contribution in [0.4, 0.5) is 0 Å². The Bertz CT molecular complexity index is 659. The molecule has 7 nitrogen and oxygen atoms in total. The van der Waals surface area contributed by atoms with Crippen molar-refractivity contribution in [2.24, 2.45) is 4.99 Å². The highest BCUT2D eigenvalue weighted by Crippen LogP contribution is 2.27. The summed E-state index contributed by atoms with van der Waals surface area (Å²) >= 11 is 0. The van der Waals surface area contributed by atoms with Gasteiger partial charge in [0, 0.05) is 31.0 Å². The van der Waals surface area contributed by atoms with Crippen LogP contribution in [0.3, 0.4) is 0 Å². The van der Waals surface area contributed by atoms with Gasteiger partial charge in [0.25, 0.3) is 0 Å². The second kappa shape index (κ2) is 8.01. The molecule has 0 spiro atoms. The molecule has 0 aromatic carbocycles. The Morgan fingerprint density at radius 2 is 2.21 bits per heavy atom. The lowest BCUT2D eigenvalue weighted by atomic mass is 9.96. The van der Waals surface area contributed by atoms with Gasteiger partial charge in [-0.05, 0) is 39.8 Å². The van der Waals surface area contributed by atoms with Crippen molar-refractivity contribution in [2.75, 3.05) is 19.6 Å². The molecule has 0 bridgehead atoms. The minimum absolute atomic E-state index is 0.240. The van der Waals surface area contributed by atoms with Gasteiger partial charge in [0.15, 0.2) is 5.96 Å². The highest BCUT2D eigenvalue weighted by molar-refractivity contribution is 5.79. The Kier molecular flexibility index (Phi) is 6.03. The number of furan rings is 1. The van der Waals surface area contributed by atoms with Gasteiger partial charge in [0.05, 0.1) is 13.1 Å². The molecular weight excluding hydrogens is 306 g/mol. The van der Waals surface area contributed by atoms with Crippen molar-refractivity contribution in [3.05, 3.63) is 41.6 Å². The maximum absolute atomic E-state index is 10.7. The minimum atomic E-state index is -1.08. The van der Waals surface area contributed by atoms with Gasteiger partial charge < -0.3 is 20.2 Å². The number of aliphatic hydroxyl groups is 1. The number of hydrogen-bond donors (Lipinski definition) is 3. The van der Waals surface area contributed by atoms with Crippen LogP contribution in [0.25, 0.3) is 0 Å². The van der Waals surface area contributed by atoms with Crippen molar-refractivity contribution in [2.45, 2.75) is 39.8 Å². The Labute approximate surface area is 142 Å². The first kappa shape index (κ1) is 18.1. The molecule has 2 rings (SSSR count). The molecule has 2 aromatic rings. The maximum atomic E-state index is 10.7. The Morgan fingerprint density at radius 3 is 2.79 bits per heavy atom. The monoisotopic (exact) mass is 333 g/mol. The SMILES string of the molecule is CCNC(=NCC(C)(O)c1cc(C)oc1C)NCCn1cccn1. The third-order valence-electron chi connectivity index (χ3n) is 3.70. The molecule has 0 saturated carbocycles. The molecule has 0 fully saturated rings. The van der Waals surface area contributed by atoms with Crippen LogP contribution < -0.4 is 10.6 Å². The van der Waals surface area contributed by atoms with Crippen LogP contribution in [0.2, 0.25) is 0 Å². The number of nitrogens with zero attached hydrogens (tertiary/aromatic N) is 3. The molecule has 1 atom stereocenters. The number of aryl methyl sites for hydroxylation is 2. The average molecular weight is 333 g/mol. The number of hydrogen-bond acceptors (Lipinski definition) is 4. The summed E-state index contributed by atoms with van der Waals surface area (Å²) in [6.45, 7) is 9.91. The van der Waals surface area contributed by atoms with E-state index >= 15 is 0 Å². The summed E-state index contributed by atoms with van der Waals surface area (Å²) in [5, 5.41) is 21.3. The van der Waals surface area contributed by atoms with Gasteiger partial charge in [-0.15, -0.1) is 0 Å². The molecule has 24 heavy (non-hydrogen) atoms. The fraction of sp³-hybridized carbons (Fsp3) is 0.529. The second-order valence-electron chi connectivity index (χ2n) is 5.99. The molecule has 1 unspecified atom stereocenters. The lowest BCUT2D eigenvalue weighted by Crippen LogP contribution is -2.40. The topological polar surface area (TPSA) is 87.6 Å². The zero-order valence-electron chi connectivity index (χ0n) is 14.8. The average Bonchev–Trinajstić information content (AvgIpc) is 3.14. The summed E-state index contributed by atoms with van der Waals surface area (Å²) in [7, 11) is 0. The summed E-state index contributed by atoms with van der Waals surface area (Å²) < 4.78 is 7.36. The number of rotatable bonds is 7.